The predicted molar refractivity (Wildman–Crippen MR) is 87.9 cm³/mol. The molecule has 0 fully saturated rings. The Bertz CT molecular complexity index is 659. The van der Waals surface area contributed by atoms with E-state index >= 15 is 0 Å². The van der Waals surface area contributed by atoms with E-state index < -0.39 is 5.91 Å². The van der Waals surface area contributed by atoms with E-state index in [9.17, 15) is 9.59 Å². The van der Waals surface area contributed by atoms with Crippen LogP contribution in [0.25, 0.3) is 5.57 Å². The average Bonchev–Trinajstić information content (AvgIpc) is 2.53. The molecule has 0 unspecified atom stereocenters. The van der Waals surface area contributed by atoms with Crippen molar-refractivity contribution < 1.29 is 9.59 Å². The molecular weight excluding hydrogens is 274 g/mol. The molecule has 0 aliphatic carbocycles. The summed E-state index contributed by atoms with van der Waals surface area (Å²) in [5.74, 6) is -1.23. The van der Waals surface area contributed by atoms with E-state index in [0.29, 0.717) is 5.57 Å². The third-order valence-corrected chi connectivity index (χ3v) is 3.39. The quantitative estimate of drug-likeness (QED) is 0.523. The number of carbonyl (C=O) groups excluding carboxylic acids is 2. The van der Waals surface area contributed by atoms with Crippen LogP contribution in [0.15, 0.2) is 66.2 Å². The first-order chi connectivity index (χ1) is 10.5. The van der Waals surface area contributed by atoms with Crippen LogP contribution in [-0.2, 0) is 9.59 Å². The first kappa shape index (κ1) is 15.7. The summed E-state index contributed by atoms with van der Waals surface area (Å²) in [6.45, 7) is 3.53. The fourth-order valence-electron chi connectivity index (χ4n) is 2.32. The Hall–Kier alpha value is -2.68. The molecule has 22 heavy (non-hydrogen) atoms. The number of amides is 1. The molecule has 2 N–H and O–H groups in total. The molecule has 0 spiro atoms. The predicted octanol–water partition coefficient (Wildman–Crippen LogP) is 3.20. The van der Waals surface area contributed by atoms with Gasteiger partial charge in [-0.15, -0.1) is 0 Å². The van der Waals surface area contributed by atoms with E-state index in [1.807, 2.05) is 60.7 Å². The van der Waals surface area contributed by atoms with Gasteiger partial charge in [0.1, 0.15) is 0 Å². The molecule has 3 nitrogen and oxygen atoms in total. The van der Waals surface area contributed by atoms with Crippen molar-refractivity contribution in [1.29, 1.82) is 0 Å². The summed E-state index contributed by atoms with van der Waals surface area (Å²) in [5, 5.41) is 0. The third kappa shape index (κ3) is 3.31. The smallest absolute Gasteiger partial charge is 0.252 e. The van der Waals surface area contributed by atoms with Crippen molar-refractivity contribution in [2.75, 3.05) is 0 Å². The minimum absolute atomic E-state index is 0.0624. The number of hydrogen-bond acceptors (Lipinski definition) is 2. The Morgan fingerprint density at radius 2 is 1.23 bits per heavy atom. The van der Waals surface area contributed by atoms with Crippen LogP contribution in [0.5, 0.6) is 0 Å². The van der Waals surface area contributed by atoms with Crippen molar-refractivity contribution in [2.45, 2.75) is 13.8 Å². The van der Waals surface area contributed by atoms with Crippen molar-refractivity contribution in [1.82, 2.24) is 0 Å². The number of nitrogens with two attached hydrogens (primary N) is 1. The summed E-state index contributed by atoms with van der Waals surface area (Å²) in [7, 11) is 0. The molecule has 0 aliphatic heterocycles. The van der Waals surface area contributed by atoms with E-state index in [0.717, 1.165) is 11.1 Å². The molecule has 0 saturated heterocycles. The van der Waals surface area contributed by atoms with Gasteiger partial charge in [-0.3, -0.25) is 9.59 Å². The van der Waals surface area contributed by atoms with Gasteiger partial charge in [-0.2, -0.15) is 0 Å². The minimum Gasteiger partial charge on any atom is -0.365 e. The third-order valence-electron chi connectivity index (χ3n) is 3.39. The molecule has 1 amide bonds. The van der Waals surface area contributed by atoms with E-state index in [-0.39, 0.29) is 17.3 Å². The first-order valence-corrected chi connectivity index (χ1v) is 7.21. The van der Waals surface area contributed by atoms with Gasteiger partial charge in [0.25, 0.3) is 5.91 Å². The molecule has 0 radical (unpaired) electrons. The molecule has 3 heteroatoms. The van der Waals surface area contributed by atoms with E-state index in [4.69, 9.17) is 5.73 Å². The van der Waals surface area contributed by atoms with Crippen molar-refractivity contribution >= 4 is 17.3 Å². The lowest BCUT2D eigenvalue weighted by Crippen LogP contribution is -2.25. The van der Waals surface area contributed by atoms with Crippen LogP contribution in [0.1, 0.15) is 25.0 Å². The Kier molecular flexibility index (Phi) is 4.89. The monoisotopic (exact) mass is 293 g/mol. The van der Waals surface area contributed by atoms with Gasteiger partial charge in [0.15, 0.2) is 5.78 Å². The van der Waals surface area contributed by atoms with Gasteiger partial charge in [0, 0.05) is 11.5 Å². The maximum atomic E-state index is 12.5. The summed E-state index contributed by atoms with van der Waals surface area (Å²) < 4.78 is 0. The number of Topliss-reactive ketones (excluding diaryl/α,β-unsaturated/α-hetero) is 1. The van der Waals surface area contributed by atoms with Gasteiger partial charge in [-0.05, 0) is 11.1 Å². The van der Waals surface area contributed by atoms with Crippen LogP contribution in [0.2, 0.25) is 0 Å². The second-order valence-corrected chi connectivity index (χ2v) is 5.37. The van der Waals surface area contributed by atoms with Crippen molar-refractivity contribution in [3.8, 4) is 0 Å². The van der Waals surface area contributed by atoms with Gasteiger partial charge in [0.2, 0.25) is 0 Å². The lowest BCUT2D eigenvalue weighted by Gasteiger charge is -2.15. The number of hydrogen-bond donors (Lipinski definition) is 1. The van der Waals surface area contributed by atoms with Crippen molar-refractivity contribution in [3.05, 3.63) is 77.4 Å². The van der Waals surface area contributed by atoms with Crippen molar-refractivity contribution in [3.63, 3.8) is 0 Å². The number of benzene rings is 2. The highest BCUT2D eigenvalue weighted by molar-refractivity contribution is 6.26. The SMILES string of the molecule is CC(C)C(=O)C(C(N)=O)=C(c1ccccc1)c1ccccc1. The number of rotatable bonds is 5. The fraction of sp³-hybridized carbons (Fsp3) is 0.158. The van der Waals surface area contributed by atoms with Gasteiger partial charge in [0.05, 0.1) is 5.57 Å². The van der Waals surface area contributed by atoms with E-state index in [1.165, 1.54) is 0 Å². The Balaban J connectivity index is 2.78. The zero-order valence-corrected chi connectivity index (χ0v) is 12.7. The Morgan fingerprint density at radius 1 is 0.818 bits per heavy atom. The molecule has 0 heterocycles. The summed E-state index contributed by atoms with van der Waals surface area (Å²) >= 11 is 0. The molecule has 2 aromatic carbocycles. The van der Waals surface area contributed by atoms with Gasteiger partial charge in [-0.1, -0.05) is 74.5 Å². The average molecular weight is 293 g/mol. The molecule has 0 aliphatic rings. The van der Waals surface area contributed by atoms with E-state index in [1.54, 1.807) is 13.8 Å². The number of carbonyl (C=O) groups is 2. The molecule has 2 aromatic rings. The summed E-state index contributed by atoms with van der Waals surface area (Å²) in [6, 6.07) is 18.8. The molecule has 0 aromatic heterocycles. The molecule has 2 rings (SSSR count). The maximum Gasteiger partial charge on any atom is 0.252 e. The van der Waals surface area contributed by atoms with Crippen LogP contribution in [0.4, 0.5) is 0 Å². The van der Waals surface area contributed by atoms with E-state index in [2.05, 4.69) is 0 Å². The largest absolute Gasteiger partial charge is 0.365 e. The second-order valence-electron chi connectivity index (χ2n) is 5.37. The number of ketones is 1. The van der Waals surface area contributed by atoms with Crippen LogP contribution < -0.4 is 5.73 Å². The summed E-state index contributed by atoms with van der Waals surface area (Å²) in [6.07, 6.45) is 0. The molecule has 112 valence electrons. The number of primary amides is 1. The molecule has 0 atom stereocenters. The minimum atomic E-state index is -0.693. The lowest BCUT2D eigenvalue weighted by molar-refractivity contribution is -0.122. The topological polar surface area (TPSA) is 60.2 Å². The fourth-order valence-corrected chi connectivity index (χ4v) is 2.32. The molecular formula is C19H19NO2. The zero-order chi connectivity index (χ0) is 16.1. The zero-order valence-electron chi connectivity index (χ0n) is 12.7. The lowest BCUT2D eigenvalue weighted by atomic mass is 9.88. The van der Waals surface area contributed by atoms with Crippen LogP contribution >= 0.6 is 0 Å². The Labute approximate surface area is 130 Å². The van der Waals surface area contributed by atoms with Crippen LogP contribution in [0, 0.1) is 5.92 Å². The first-order valence-electron chi connectivity index (χ1n) is 7.21. The molecule has 0 bridgehead atoms. The Morgan fingerprint density at radius 3 is 1.55 bits per heavy atom. The van der Waals surface area contributed by atoms with Crippen LogP contribution in [0.3, 0.4) is 0 Å². The highest BCUT2D eigenvalue weighted by Crippen LogP contribution is 2.28. The van der Waals surface area contributed by atoms with Gasteiger partial charge in [-0.25, -0.2) is 0 Å². The maximum absolute atomic E-state index is 12.5. The summed E-state index contributed by atoms with van der Waals surface area (Å²) in [4.78, 5) is 24.5. The van der Waals surface area contributed by atoms with Crippen LogP contribution in [-0.4, -0.2) is 11.7 Å². The summed E-state index contributed by atoms with van der Waals surface area (Å²) in [5.41, 5.74) is 7.79. The highest BCUT2D eigenvalue weighted by Gasteiger charge is 2.24. The highest BCUT2D eigenvalue weighted by atomic mass is 16.2. The van der Waals surface area contributed by atoms with Crippen molar-refractivity contribution in [2.24, 2.45) is 11.7 Å². The second kappa shape index (κ2) is 6.85. The van der Waals surface area contributed by atoms with Gasteiger partial charge < -0.3 is 5.73 Å². The van der Waals surface area contributed by atoms with Gasteiger partial charge >= 0.3 is 0 Å². The molecule has 0 saturated carbocycles. The normalized spacial score (nSPS) is 10.3. The standard InChI is InChI=1S/C19H19NO2/c1-13(2)18(21)17(19(20)22)16(14-9-5-3-6-10-14)15-11-7-4-8-12-15/h3-13H,1-2H3,(H2,20,22).